The average molecular weight is 1480 g/mol. The SMILES string of the molecule is CCCCCCCCCCCCCCCCCCCC(=O)OC[C@H](COP(=O)(O)OC[C@@H](O)COP(=O)(O)OC[C@@H](COC(=O)CCCCCCCCCCCC(C)C)OC(=O)CCCCCCCCCCCCC(C)C)OC(=O)CCCCCCCCCCCCCCCCCCC(C)C. The molecule has 0 bridgehead atoms. The molecule has 0 aromatic heterocycles. The number of esters is 4. The summed E-state index contributed by atoms with van der Waals surface area (Å²) >= 11 is 0. The van der Waals surface area contributed by atoms with Crippen molar-refractivity contribution in [1.82, 2.24) is 0 Å². The fourth-order valence-electron chi connectivity index (χ4n) is 12.7. The molecule has 2 unspecified atom stereocenters. The first-order valence-electron chi connectivity index (χ1n) is 42.3. The van der Waals surface area contributed by atoms with Crippen LogP contribution < -0.4 is 0 Å². The molecule has 0 aromatic carbocycles. The van der Waals surface area contributed by atoms with Gasteiger partial charge in [-0.25, -0.2) is 9.13 Å². The van der Waals surface area contributed by atoms with Gasteiger partial charge in [-0.05, 0) is 43.4 Å². The lowest BCUT2D eigenvalue weighted by Crippen LogP contribution is -2.30. The van der Waals surface area contributed by atoms with E-state index in [4.69, 9.17) is 37.0 Å². The van der Waals surface area contributed by atoms with Crippen molar-refractivity contribution < 1.29 is 80.2 Å². The van der Waals surface area contributed by atoms with Crippen LogP contribution in [0.1, 0.15) is 427 Å². The van der Waals surface area contributed by atoms with Gasteiger partial charge in [-0.2, -0.15) is 0 Å². The van der Waals surface area contributed by atoms with Crippen molar-refractivity contribution in [3.63, 3.8) is 0 Å². The van der Waals surface area contributed by atoms with Crippen LogP contribution in [0.2, 0.25) is 0 Å². The molecule has 0 heterocycles. The average Bonchev–Trinajstić information content (AvgIpc) is 0.940. The molecule has 0 saturated heterocycles. The number of phosphoric ester groups is 2. The highest BCUT2D eigenvalue weighted by molar-refractivity contribution is 7.47. The van der Waals surface area contributed by atoms with Crippen molar-refractivity contribution in [2.24, 2.45) is 17.8 Å². The molecule has 0 saturated carbocycles. The molecule has 0 rings (SSSR count). The maximum absolute atomic E-state index is 13.1. The quantitative estimate of drug-likeness (QED) is 0.0222. The molecule has 5 atom stereocenters. The normalized spacial score (nSPS) is 14.0. The van der Waals surface area contributed by atoms with Crippen LogP contribution in [0.5, 0.6) is 0 Å². The number of hydrogen-bond donors (Lipinski definition) is 3. The number of aliphatic hydroxyl groups is 1. The van der Waals surface area contributed by atoms with Gasteiger partial charge in [0.15, 0.2) is 12.2 Å². The Morgan fingerprint density at radius 3 is 0.673 bits per heavy atom. The highest BCUT2D eigenvalue weighted by Gasteiger charge is 2.30. The maximum Gasteiger partial charge on any atom is 0.472 e. The smallest absolute Gasteiger partial charge is 0.462 e. The summed E-state index contributed by atoms with van der Waals surface area (Å²) in [6.07, 6.45) is 61.0. The number of carbonyl (C=O) groups is 4. The van der Waals surface area contributed by atoms with Gasteiger partial charge < -0.3 is 33.8 Å². The van der Waals surface area contributed by atoms with Crippen LogP contribution in [-0.4, -0.2) is 96.7 Å². The molecule has 0 spiro atoms. The Kier molecular flexibility index (Phi) is 70.9. The minimum Gasteiger partial charge on any atom is -0.462 e. The van der Waals surface area contributed by atoms with Gasteiger partial charge in [0.2, 0.25) is 0 Å². The summed E-state index contributed by atoms with van der Waals surface area (Å²) in [5.74, 6) is 0.196. The van der Waals surface area contributed by atoms with E-state index in [2.05, 4.69) is 48.5 Å². The first-order valence-corrected chi connectivity index (χ1v) is 45.3. The van der Waals surface area contributed by atoms with E-state index in [-0.39, 0.29) is 25.7 Å². The Morgan fingerprint density at radius 2 is 0.455 bits per heavy atom. The molecule has 0 aliphatic heterocycles. The monoisotopic (exact) mass is 1480 g/mol. The second kappa shape index (κ2) is 72.3. The van der Waals surface area contributed by atoms with Crippen molar-refractivity contribution in [2.75, 3.05) is 39.6 Å². The second-order valence-corrected chi connectivity index (χ2v) is 33.8. The molecule has 3 N–H and O–H groups in total. The number of unbranched alkanes of at least 4 members (excludes halogenated alkanes) is 48. The van der Waals surface area contributed by atoms with E-state index < -0.39 is 97.5 Å². The van der Waals surface area contributed by atoms with Crippen LogP contribution >= 0.6 is 15.6 Å². The second-order valence-electron chi connectivity index (χ2n) is 30.9. The fraction of sp³-hybridized carbons (Fsp3) is 0.951. The third-order valence-corrected chi connectivity index (χ3v) is 21.0. The summed E-state index contributed by atoms with van der Waals surface area (Å²) in [6.45, 7) is 12.0. The Labute approximate surface area is 619 Å². The number of phosphoric acid groups is 2. The van der Waals surface area contributed by atoms with E-state index >= 15 is 0 Å². The zero-order valence-corrected chi connectivity index (χ0v) is 68.2. The van der Waals surface area contributed by atoms with Gasteiger partial charge >= 0.3 is 39.5 Å². The van der Waals surface area contributed by atoms with Crippen molar-refractivity contribution in [2.45, 2.75) is 446 Å². The highest BCUT2D eigenvalue weighted by atomic mass is 31.2. The molecule has 0 aliphatic carbocycles. The molecule has 17 nitrogen and oxygen atoms in total. The fourth-order valence-corrected chi connectivity index (χ4v) is 14.2. The molecular formula is C82H160O17P2. The zero-order valence-electron chi connectivity index (χ0n) is 66.4. The van der Waals surface area contributed by atoms with Crippen molar-refractivity contribution in [3.8, 4) is 0 Å². The zero-order chi connectivity index (χ0) is 74.4. The topological polar surface area (TPSA) is 237 Å². The van der Waals surface area contributed by atoms with Gasteiger partial charge in [-0.3, -0.25) is 37.3 Å². The first kappa shape index (κ1) is 99.1. The molecule has 101 heavy (non-hydrogen) atoms. The summed E-state index contributed by atoms with van der Waals surface area (Å²) in [5.41, 5.74) is 0. The van der Waals surface area contributed by atoms with E-state index in [0.717, 1.165) is 108 Å². The van der Waals surface area contributed by atoms with Crippen molar-refractivity contribution in [1.29, 1.82) is 0 Å². The minimum absolute atomic E-state index is 0.106. The molecule has 0 radical (unpaired) electrons. The van der Waals surface area contributed by atoms with Gasteiger partial charge in [-0.15, -0.1) is 0 Å². The van der Waals surface area contributed by atoms with E-state index in [1.54, 1.807) is 0 Å². The van der Waals surface area contributed by atoms with Gasteiger partial charge in [-0.1, -0.05) is 376 Å². The third-order valence-electron chi connectivity index (χ3n) is 19.1. The summed E-state index contributed by atoms with van der Waals surface area (Å²) in [6, 6.07) is 0. The summed E-state index contributed by atoms with van der Waals surface area (Å²) in [7, 11) is -9.92. The van der Waals surface area contributed by atoms with Crippen LogP contribution in [-0.2, 0) is 65.4 Å². The van der Waals surface area contributed by atoms with E-state index in [1.807, 2.05) is 0 Å². The van der Waals surface area contributed by atoms with Gasteiger partial charge in [0.25, 0.3) is 0 Å². The predicted molar refractivity (Wildman–Crippen MR) is 414 cm³/mol. The molecule has 600 valence electrons. The van der Waals surface area contributed by atoms with Gasteiger partial charge in [0.1, 0.15) is 19.3 Å². The lowest BCUT2D eigenvalue weighted by Gasteiger charge is -2.21. The number of aliphatic hydroxyl groups excluding tert-OH is 1. The van der Waals surface area contributed by atoms with Crippen molar-refractivity contribution in [3.05, 3.63) is 0 Å². The van der Waals surface area contributed by atoms with Crippen molar-refractivity contribution >= 4 is 39.5 Å². The molecule has 0 aliphatic rings. The van der Waals surface area contributed by atoms with Crippen LogP contribution in [0, 0.1) is 17.8 Å². The summed E-state index contributed by atoms with van der Waals surface area (Å²) in [5, 5.41) is 10.7. The largest absolute Gasteiger partial charge is 0.472 e. The summed E-state index contributed by atoms with van der Waals surface area (Å²) < 4.78 is 68.8. The predicted octanol–water partition coefficient (Wildman–Crippen LogP) is 24.5. The van der Waals surface area contributed by atoms with Crippen LogP contribution in [0.15, 0.2) is 0 Å². The Morgan fingerprint density at radius 1 is 0.267 bits per heavy atom. The van der Waals surface area contributed by atoms with Crippen LogP contribution in [0.4, 0.5) is 0 Å². The molecular weight excluding hydrogens is 1320 g/mol. The van der Waals surface area contributed by atoms with Gasteiger partial charge in [0, 0.05) is 25.7 Å². The third kappa shape index (κ3) is 76.1. The number of carbonyl (C=O) groups excluding carboxylic acids is 4. The molecule has 19 heteroatoms. The lowest BCUT2D eigenvalue weighted by atomic mass is 10.0. The Hall–Kier alpha value is -1.94. The minimum atomic E-state index is -4.96. The number of hydrogen-bond acceptors (Lipinski definition) is 15. The first-order chi connectivity index (χ1) is 48.7. The van der Waals surface area contributed by atoms with E-state index in [9.17, 15) is 43.2 Å². The lowest BCUT2D eigenvalue weighted by molar-refractivity contribution is -0.161. The summed E-state index contributed by atoms with van der Waals surface area (Å²) in [4.78, 5) is 73.1. The molecule has 0 amide bonds. The molecule has 0 aromatic rings. The number of rotatable bonds is 80. The Balaban J connectivity index is 5.25. The Bertz CT molecular complexity index is 1960. The molecule has 0 fully saturated rings. The van der Waals surface area contributed by atoms with Crippen LogP contribution in [0.3, 0.4) is 0 Å². The van der Waals surface area contributed by atoms with Crippen LogP contribution in [0.25, 0.3) is 0 Å². The maximum atomic E-state index is 13.1. The van der Waals surface area contributed by atoms with E-state index in [1.165, 1.54) is 238 Å². The highest BCUT2D eigenvalue weighted by Crippen LogP contribution is 2.45. The van der Waals surface area contributed by atoms with Gasteiger partial charge in [0.05, 0.1) is 26.4 Å². The number of ether oxygens (including phenoxy) is 4. The standard InChI is InChI=1S/C82H160O17P2/c1-8-9-10-11-12-13-14-15-16-17-21-24-27-35-42-49-56-63-79(84)92-69-77(98-81(86)65-58-51-44-36-28-25-22-19-18-20-23-26-32-39-46-53-60-73(2)3)71-96-100(88,89)94-67-76(83)68-95-101(90,91)97-72-78(70-93-80(85)64-57-50-43-38-31-34-41-48-55-62-75(6)7)99-82(87)66-59-52-45-37-30-29-33-40-47-54-61-74(4)5/h73-78,83H,8-72H2,1-7H3,(H,88,89)(H,90,91)/t76-,77-,78-/m1/s1. The van der Waals surface area contributed by atoms with E-state index in [0.29, 0.717) is 25.7 Å².